The Morgan fingerprint density at radius 1 is 1.43 bits per heavy atom. The number of amides is 2. The van der Waals surface area contributed by atoms with Gasteiger partial charge in [0, 0.05) is 6.54 Å². The smallest absolute Gasteiger partial charge is 0.314 e. The number of alkyl halides is 2. The summed E-state index contributed by atoms with van der Waals surface area (Å²) in [6.45, 7) is 1.39. The first kappa shape index (κ1) is 13.1. The van der Waals surface area contributed by atoms with Crippen molar-refractivity contribution in [3.8, 4) is 0 Å². The van der Waals surface area contributed by atoms with Crippen molar-refractivity contribution in [1.82, 2.24) is 10.6 Å². The van der Waals surface area contributed by atoms with Crippen LogP contribution >= 0.6 is 0 Å². The molecular formula is C8H16F2N2O2. The van der Waals surface area contributed by atoms with Crippen LogP contribution in [0.15, 0.2) is 0 Å². The number of halogens is 2. The average Bonchev–Trinajstić information content (AvgIpc) is 2.08. The molecule has 14 heavy (non-hydrogen) atoms. The molecule has 0 bridgehead atoms. The number of rotatable bonds is 6. The number of urea groups is 1. The van der Waals surface area contributed by atoms with Crippen LogP contribution in [0.1, 0.15) is 19.8 Å². The van der Waals surface area contributed by atoms with Gasteiger partial charge in [0.05, 0.1) is 12.6 Å². The second-order valence-corrected chi connectivity index (χ2v) is 3.02. The second kappa shape index (κ2) is 7.49. The van der Waals surface area contributed by atoms with Crippen LogP contribution in [0, 0.1) is 0 Å². The molecule has 2 amide bonds. The van der Waals surface area contributed by atoms with Crippen LogP contribution in [0.25, 0.3) is 0 Å². The van der Waals surface area contributed by atoms with Gasteiger partial charge in [0.15, 0.2) is 0 Å². The summed E-state index contributed by atoms with van der Waals surface area (Å²) in [6.07, 6.45) is -1.73. The zero-order valence-corrected chi connectivity index (χ0v) is 8.09. The Labute approximate surface area is 81.7 Å². The number of carbonyl (C=O) groups excluding carboxylic acids is 1. The number of aliphatic hydroxyl groups excluding tert-OH is 1. The van der Waals surface area contributed by atoms with E-state index in [0.29, 0.717) is 19.4 Å². The Kier molecular flexibility index (Phi) is 7.00. The Morgan fingerprint density at radius 3 is 2.57 bits per heavy atom. The third kappa shape index (κ3) is 9.18. The molecule has 0 spiro atoms. The first-order chi connectivity index (χ1) is 6.52. The van der Waals surface area contributed by atoms with Crippen molar-refractivity contribution < 1.29 is 18.7 Å². The fraction of sp³-hybridized carbons (Fsp3) is 0.875. The lowest BCUT2D eigenvalue weighted by Crippen LogP contribution is -2.38. The molecule has 1 unspecified atom stereocenters. The molecule has 6 heteroatoms. The van der Waals surface area contributed by atoms with Crippen molar-refractivity contribution in [1.29, 1.82) is 0 Å². The molecule has 0 heterocycles. The molecule has 84 valence electrons. The summed E-state index contributed by atoms with van der Waals surface area (Å²) >= 11 is 0. The fourth-order valence-electron chi connectivity index (χ4n) is 0.832. The van der Waals surface area contributed by atoms with Gasteiger partial charge >= 0.3 is 6.03 Å². The summed E-state index contributed by atoms with van der Waals surface area (Å²) < 4.78 is 23.2. The van der Waals surface area contributed by atoms with Crippen LogP contribution in [-0.2, 0) is 0 Å². The van der Waals surface area contributed by atoms with E-state index in [-0.39, 0.29) is 0 Å². The highest BCUT2D eigenvalue weighted by Crippen LogP contribution is 1.93. The van der Waals surface area contributed by atoms with Gasteiger partial charge in [-0.25, -0.2) is 13.6 Å². The number of nitrogens with one attached hydrogen (secondary N) is 2. The molecule has 0 aromatic heterocycles. The van der Waals surface area contributed by atoms with Gasteiger partial charge in [-0.1, -0.05) is 0 Å². The zero-order chi connectivity index (χ0) is 11.0. The summed E-state index contributed by atoms with van der Waals surface area (Å²) in [6, 6.07) is -0.601. The van der Waals surface area contributed by atoms with E-state index in [2.05, 4.69) is 5.32 Å². The Bertz CT molecular complexity index is 165. The predicted octanol–water partition coefficient (Wildman–Crippen LogP) is 0.712. The highest BCUT2D eigenvalue weighted by atomic mass is 19.3. The maximum absolute atomic E-state index is 11.6. The van der Waals surface area contributed by atoms with Gasteiger partial charge in [-0.2, -0.15) is 0 Å². The Balaban J connectivity index is 3.27. The maximum Gasteiger partial charge on any atom is 0.314 e. The van der Waals surface area contributed by atoms with Gasteiger partial charge in [-0.05, 0) is 19.8 Å². The lowest BCUT2D eigenvalue weighted by Gasteiger charge is -2.07. The number of carbonyl (C=O) groups is 1. The lowest BCUT2D eigenvalue weighted by atomic mass is 10.2. The van der Waals surface area contributed by atoms with Gasteiger partial charge in [-0.3, -0.25) is 0 Å². The van der Waals surface area contributed by atoms with E-state index >= 15 is 0 Å². The molecule has 0 saturated heterocycles. The summed E-state index contributed by atoms with van der Waals surface area (Å²) in [7, 11) is 0. The van der Waals surface area contributed by atoms with E-state index in [9.17, 15) is 13.6 Å². The third-order valence-electron chi connectivity index (χ3n) is 1.50. The molecule has 0 radical (unpaired) electrons. The molecule has 0 aromatic carbocycles. The largest absolute Gasteiger partial charge is 0.393 e. The summed E-state index contributed by atoms with van der Waals surface area (Å²) in [5, 5.41) is 13.3. The first-order valence-electron chi connectivity index (χ1n) is 4.50. The van der Waals surface area contributed by atoms with E-state index in [1.54, 1.807) is 6.92 Å². The van der Waals surface area contributed by atoms with Crippen LogP contribution in [0.2, 0.25) is 0 Å². The summed E-state index contributed by atoms with van der Waals surface area (Å²) in [5.41, 5.74) is 0. The summed E-state index contributed by atoms with van der Waals surface area (Å²) in [5.74, 6) is 0. The Morgan fingerprint density at radius 2 is 2.07 bits per heavy atom. The van der Waals surface area contributed by atoms with E-state index in [0.717, 1.165) is 0 Å². The van der Waals surface area contributed by atoms with E-state index in [1.165, 1.54) is 0 Å². The molecule has 0 rings (SSSR count). The lowest BCUT2D eigenvalue weighted by molar-refractivity contribution is 0.146. The Hall–Kier alpha value is -0.910. The summed E-state index contributed by atoms with van der Waals surface area (Å²) in [4.78, 5) is 10.8. The van der Waals surface area contributed by atoms with Crippen LogP contribution in [0.4, 0.5) is 13.6 Å². The van der Waals surface area contributed by atoms with E-state index in [4.69, 9.17) is 5.11 Å². The van der Waals surface area contributed by atoms with Crippen LogP contribution in [-0.4, -0.2) is 36.8 Å². The molecule has 0 aliphatic rings. The van der Waals surface area contributed by atoms with Gasteiger partial charge in [0.2, 0.25) is 0 Å². The van der Waals surface area contributed by atoms with E-state index < -0.39 is 25.1 Å². The molecule has 0 saturated carbocycles. The molecule has 0 fully saturated rings. The van der Waals surface area contributed by atoms with Crippen LogP contribution in [0.5, 0.6) is 0 Å². The number of aliphatic hydroxyl groups is 1. The highest BCUT2D eigenvalue weighted by molar-refractivity contribution is 5.73. The van der Waals surface area contributed by atoms with Crippen LogP contribution in [0.3, 0.4) is 0 Å². The molecule has 1 atom stereocenters. The maximum atomic E-state index is 11.6. The topological polar surface area (TPSA) is 61.4 Å². The quantitative estimate of drug-likeness (QED) is 0.565. The molecule has 3 N–H and O–H groups in total. The standard InChI is InChI=1S/C8H16F2N2O2/c1-6(13)3-2-4-11-8(14)12-5-7(9)10/h6-7,13H,2-5H2,1H3,(H2,11,12,14). The molecule has 0 aliphatic heterocycles. The van der Waals surface area contributed by atoms with Crippen molar-refractivity contribution in [3.63, 3.8) is 0 Å². The van der Waals surface area contributed by atoms with Gasteiger partial charge < -0.3 is 15.7 Å². The van der Waals surface area contributed by atoms with Crippen molar-refractivity contribution in [2.24, 2.45) is 0 Å². The van der Waals surface area contributed by atoms with E-state index in [1.807, 2.05) is 5.32 Å². The van der Waals surface area contributed by atoms with Crippen molar-refractivity contribution in [2.75, 3.05) is 13.1 Å². The molecule has 0 aliphatic carbocycles. The molecule has 4 nitrogen and oxygen atoms in total. The number of hydrogen-bond acceptors (Lipinski definition) is 2. The van der Waals surface area contributed by atoms with Crippen molar-refractivity contribution in [2.45, 2.75) is 32.3 Å². The molecular weight excluding hydrogens is 194 g/mol. The fourth-order valence-corrected chi connectivity index (χ4v) is 0.832. The average molecular weight is 210 g/mol. The van der Waals surface area contributed by atoms with Crippen LogP contribution < -0.4 is 10.6 Å². The minimum atomic E-state index is -2.53. The SMILES string of the molecule is CC(O)CCCNC(=O)NCC(F)F. The van der Waals surface area contributed by atoms with Gasteiger partial charge in [0.25, 0.3) is 6.43 Å². The zero-order valence-electron chi connectivity index (χ0n) is 8.09. The monoisotopic (exact) mass is 210 g/mol. The third-order valence-corrected chi connectivity index (χ3v) is 1.50. The number of hydrogen-bond donors (Lipinski definition) is 3. The predicted molar refractivity (Wildman–Crippen MR) is 48.3 cm³/mol. The minimum absolute atomic E-state index is 0.375. The first-order valence-corrected chi connectivity index (χ1v) is 4.50. The van der Waals surface area contributed by atoms with Crippen molar-refractivity contribution >= 4 is 6.03 Å². The second-order valence-electron chi connectivity index (χ2n) is 3.02. The minimum Gasteiger partial charge on any atom is -0.393 e. The molecule has 0 aromatic rings. The van der Waals surface area contributed by atoms with Gasteiger partial charge in [-0.15, -0.1) is 0 Å². The van der Waals surface area contributed by atoms with Gasteiger partial charge in [0.1, 0.15) is 0 Å². The normalized spacial score (nSPS) is 12.6. The highest BCUT2D eigenvalue weighted by Gasteiger charge is 2.05. The van der Waals surface area contributed by atoms with Crippen molar-refractivity contribution in [3.05, 3.63) is 0 Å².